The molecule has 0 saturated carbocycles. The number of aromatic nitrogens is 2. The first-order chi connectivity index (χ1) is 8.16. The van der Waals surface area contributed by atoms with Crippen molar-refractivity contribution < 1.29 is 8.42 Å². The van der Waals surface area contributed by atoms with Crippen LogP contribution in [-0.4, -0.2) is 37.0 Å². The van der Waals surface area contributed by atoms with E-state index in [2.05, 4.69) is 20.2 Å². The molecule has 2 rings (SSSR count). The van der Waals surface area contributed by atoms with Gasteiger partial charge in [-0.2, -0.15) is 5.10 Å². The highest BCUT2D eigenvalue weighted by molar-refractivity contribution is 7.92. The maximum atomic E-state index is 11.8. The van der Waals surface area contributed by atoms with Gasteiger partial charge in [-0.1, -0.05) is 6.42 Å². The van der Waals surface area contributed by atoms with E-state index < -0.39 is 10.0 Å². The Hall–Kier alpha value is -1.21. The van der Waals surface area contributed by atoms with Crippen LogP contribution in [0.15, 0.2) is 18.3 Å². The van der Waals surface area contributed by atoms with Crippen LogP contribution < -0.4 is 10.0 Å². The van der Waals surface area contributed by atoms with Crippen molar-refractivity contribution in [2.75, 3.05) is 17.0 Å². The molecule has 1 saturated heterocycles. The molecule has 2 heterocycles. The lowest BCUT2D eigenvalue weighted by molar-refractivity contribution is 0.424. The molecular formula is C10H16N4O2S. The van der Waals surface area contributed by atoms with Crippen LogP contribution in [0.25, 0.3) is 0 Å². The van der Waals surface area contributed by atoms with E-state index >= 15 is 0 Å². The number of rotatable bonds is 4. The highest BCUT2D eigenvalue weighted by Gasteiger charge is 2.21. The molecule has 1 aliphatic heterocycles. The zero-order chi connectivity index (χ0) is 12.1. The molecule has 6 nitrogen and oxygen atoms in total. The lowest BCUT2D eigenvalue weighted by Gasteiger charge is -2.23. The zero-order valence-electron chi connectivity index (χ0n) is 9.46. The first kappa shape index (κ1) is 12.3. The summed E-state index contributed by atoms with van der Waals surface area (Å²) in [7, 11) is -3.35. The molecular weight excluding hydrogens is 240 g/mol. The van der Waals surface area contributed by atoms with Crippen molar-refractivity contribution in [3.8, 4) is 0 Å². The van der Waals surface area contributed by atoms with Gasteiger partial charge in [0.25, 0.3) is 0 Å². The summed E-state index contributed by atoms with van der Waals surface area (Å²) in [5.74, 6) is 0.354. The van der Waals surface area contributed by atoms with Gasteiger partial charge in [0.2, 0.25) is 10.0 Å². The van der Waals surface area contributed by atoms with Gasteiger partial charge in [-0.25, -0.2) is 8.42 Å². The summed E-state index contributed by atoms with van der Waals surface area (Å²) < 4.78 is 26.1. The Labute approximate surface area is 101 Å². The second-order valence-electron chi connectivity index (χ2n) is 4.14. The van der Waals surface area contributed by atoms with Gasteiger partial charge in [-0.05, 0) is 31.5 Å². The van der Waals surface area contributed by atoms with Crippen molar-refractivity contribution in [1.29, 1.82) is 0 Å². The standard InChI is InChI=1S/C10H16N4O2S/c15-17(16,8-9-4-1-2-6-11-9)14-10-5-3-7-12-13-10/h3,5,7,9,11H,1-2,4,6,8H2,(H,13,14). The Morgan fingerprint density at radius 2 is 2.35 bits per heavy atom. The summed E-state index contributed by atoms with van der Waals surface area (Å²) in [6.45, 7) is 0.894. The number of sulfonamides is 1. The van der Waals surface area contributed by atoms with Crippen molar-refractivity contribution in [3.63, 3.8) is 0 Å². The normalized spacial score (nSPS) is 21.1. The molecule has 0 aliphatic carbocycles. The second kappa shape index (κ2) is 5.42. The molecule has 0 bridgehead atoms. The van der Waals surface area contributed by atoms with Crippen LogP contribution in [0.2, 0.25) is 0 Å². The third-order valence-electron chi connectivity index (χ3n) is 2.67. The summed E-state index contributed by atoms with van der Waals surface area (Å²) >= 11 is 0. The van der Waals surface area contributed by atoms with Crippen LogP contribution in [-0.2, 0) is 10.0 Å². The van der Waals surface area contributed by atoms with E-state index in [9.17, 15) is 8.42 Å². The van der Waals surface area contributed by atoms with Crippen LogP contribution >= 0.6 is 0 Å². The minimum absolute atomic E-state index is 0.0397. The minimum Gasteiger partial charge on any atom is -0.313 e. The van der Waals surface area contributed by atoms with E-state index in [1.54, 1.807) is 12.1 Å². The first-order valence-electron chi connectivity index (χ1n) is 5.67. The molecule has 1 aromatic heterocycles. The van der Waals surface area contributed by atoms with Gasteiger partial charge in [0.15, 0.2) is 5.82 Å². The fourth-order valence-corrected chi connectivity index (χ4v) is 3.21. The summed E-state index contributed by atoms with van der Waals surface area (Å²) in [5, 5.41) is 10.5. The number of hydrogen-bond donors (Lipinski definition) is 2. The summed E-state index contributed by atoms with van der Waals surface area (Å²) in [6.07, 6.45) is 4.61. The predicted molar refractivity (Wildman–Crippen MR) is 65.1 cm³/mol. The Kier molecular flexibility index (Phi) is 3.90. The van der Waals surface area contributed by atoms with Gasteiger partial charge in [-0.3, -0.25) is 4.72 Å². The van der Waals surface area contributed by atoms with Crippen molar-refractivity contribution in [3.05, 3.63) is 18.3 Å². The van der Waals surface area contributed by atoms with Gasteiger partial charge in [0.05, 0.1) is 5.75 Å². The number of anilines is 1. The van der Waals surface area contributed by atoms with E-state index in [0.717, 1.165) is 25.8 Å². The van der Waals surface area contributed by atoms with Gasteiger partial charge >= 0.3 is 0 Å². The molecule has 94 valence electrons. The summed E-state index contributed by atoms with van der Waals surface area (Å²) in [6, 6.07) is 3.26. The number of piperidine rings is 1. The fourth-order valence-electron chi connectivity index (χ4n) is 1.89. The Balaban J connectivity index is 1.94. The van der Waals surface area contributed by atoms with E-state index in [-0.39, 0.29) is 17.6 Å². The molecule has 7 heteroatoms. The molecule has 1 aliphatic rings. The minimum atomic E-state index is -3.35. The maximum Gasteiger partial charge on any atom is 0.235 e. The van der Waals surface area contributed by atoms with Crippen molar-refractivity contribution >= 4 is 15.8 Å². The average Bonchev–Trinajstić information content (AvgIpc) is 2.30. The molecule has 0 aromatic carbocycles. The van der Waals surface area contributed by atoms with E-state index in [0.29, 0.717) is 0 Å². The molecule has 1 aromatic rings. The molecule has 1 atom stereocenters. The lowest BCUT2D eigenvalue weighted by atomic mass is 10.1. The predicted octanol–water partition coefficient (Wildman–Crippen LogP) is 0.360. The van der Waals surface area contributed by atoms with Crippen LogP contribution in [0.1, 0.15) is 19.3 Å². The number of nitrogens with zero attached hydrogens (tertiary/aromatic N) is 2. The average molecular weight is 256 g/mol. The molecule has 17 heavy (non-hydrogen) atoms. The quantitative estimate of drug-likeness (QED) is 0.812. The molecule has 2 N–H and O–H groups in total. The Morgan fingerprint density at radius 3 is 3.00 bits per heavy atom. The zero-order valence-corrected chi connectivity index (χ0v) is 10.3. The van der Waals surface area contributed by atoms with Crippen LogP contribution in [0.5, 0.6) is 0 Å². The highest BCUT2D eigenvalue weighted by Crippen LogP contribution is 2.10. The van der Waals surface area contributed by atoms with E-state index in [4.69, 9.17) is 0 Å². The topological polar surface area (TPSA) is 84.0 Å². The highest BCUT2D eigenvalue weighted by atomic mass is 32.2. The van der Waals surface area contributed by atoms with Crippen LogP contribution in [0, 0.1) is 0 Å². The van der Waals surface area contributed by atoms with Crippen molar-refractivity contribution in [1.82, 2.24) is 15.5 Å². The van der Waals surface area contributed by atoms with Gasteiger partial charge in [0.1, 0.15) is 0 Å². The monoisotopic (exact) mass is 256 g/mol. The molecule has 0 spiro atoms. The van der Waals surface area contributed by atoms with Crippen LogP contribution in [0.4, 0.5) is 5.82 Å². The van der Waals surface area contributed by atoms with E-state index in [1.807, 2.05) is 0 Å². The second-order valence-corrected chi connectivity index (χ2v) is 5.91. The third-order valence-corrected chi connectivity index (χ3v) is 4.03. The van der Waals surface area contributed by atoms with Gasteiger partial charge in [0, 0.05) is 12.2 Å². The van der Waals surface area contributed by atoms with Crippen molar-refractivity contribution in [2.45, 2.75) is 25.3 Å². The van der Waals surface area contributed by atoms with Crippen molar-refractivity contribution in [2.24, 2.45) is 0 Å². The Morgan fingerprint density at radius 1 is 1.47 bits per heavy atom. The summed E-state index contributed by atoms with van der Waals surface area (Å²) in [5.41, 5.74) is 0. The fraction of sp³-hybridized carbons (Fsp3) is 0.600. The largest absolute Gasteiger partial charge is 0.313 e. The van der Waals surface area contributed by atoms with Gasteiger partial charge in [-0.15, -0.1) is 5.10 Å². The van der Waals surface area contributed by atoms with E-state index in [1.165, 1.54) is 6.20 Å². The van der Waals surface area contributed by atoms with Gasteiger partial charge < -0.3 is 5.32 Å². The SMILES string of the molecule is O=S(=O)(CC1CCCCN1)Nc1cccnn1. The van der Waals surface area contributed by atoms with Crippen LogP contribution in [0.3, 0.4) is 0 Å². The molecule has 1 fully saturated rings. The third kappa shape index (κ3) is 3.94. The smallest absolute Gasteiger partial charge is 0.235 e. The maximum absolute atomic E-state index is 11.8. The number of hydrogen-bond acceptors (Lipinski definition) is 5. The molecule has 1 unspecified atom stereocenters. The summed E-state index contributed by atoms with van der Waals surface area (Å²) in [4.78, 5) is 0. The lowest BCUT2D eigenvalue weighted by Crippen LogP contribution is -2.40. The first-order valence-corrected chi connectivity index (χ1v) is 7.32. The molecule has 0 radical (unpaired) electrons. The molecule has 0 amide bonds. The Bertz CT molecular complexity index is 443. The number of nitrogens with one attached hydrogen (secondary N) is 2.